The third-order valence-corrected chi connectivity index (χ3v) is 4.03. The molecule has 4 aromatic rings. The normalized spacial score (nSPS) is 11.6. The van der Waals surface area contributed by atoms with E-state index in [1.165, 1.54) is 0 Å². The van der Waals surface area contributed by atoms with Gasteiger partial charge in [-0.25, -0.2) is 0 Å². The van der Waals surface area contributed by atoms with Gasteiger partial charge in [-0.1, -0.05) is 60.7 Å². The molecule has 0 heterocycles. The third-order valence-electron chi connectivity index (χ3n) is 4.03. The molecule has 0 aliphatic carbocycles. The minimum Gasteiger partial charge on any atom is -0.504 e. The van der Waals surface area contributed by atoms with E-state index in [2.05, 4.69) is 20.5 Å². The molecule has 0 amide bonds. The minimum absolute atomic E-state index is 0.0481. The number of hydrogen-bond donors (Lipinski definition) is 1. The lowest BCUT2D eigenvalue weighted by atomic mass is 10.1. The molecule has 5 heteroatoms. The number of benzene rings is 4. The first-order chi connectivity index (χ1) is 13.3. The van der Waals surface area contributed by atoms with Gasteiger partial charge in [0.25, 0.3) is 0 Å². The molecule has 130 valence electrons. The highest BCUT2D eigenvalue weighted by Crippen LogP contribution is 2.43. The van der Waals surface area contributed by atoms with E-state index in [1.807, 2.05) is 84.9 Å². The Bertz CT molecular complexity index is 1120. The van der Waals surface area contributed by atoms with Crippen molar-refractivity contribution in [3.05, 3.63) is 91.0 Å². The van der Waals surface area contributed by atoms with E-state index in [1.54, 1.807) is 6.07 Å². The van der Waals surface area contributed by atoms with E-state index < -0.39 is 0 Å². The molecule has 0 radical (unpaired) electrons. The number of hydrogen-bond acceptors (Lipinski definition) is 5. The number of rotatable bonds is 4. The van der Waals surface area contributed by atoms with Crippen LogP contribution in [0.4, 0.5) is 22.7 Å². The van der Waals surface area contributed by atoms with E-state index in [9.17, 15) is 5.11 Å². The molecule has 4 aromatic carbocycles. The second-order valence-electron chi connectivity index (χ2n) is 5.89. The molecule has 0 aliphatic rings. The maximum atomic E-state index is 10.7. The van der Waals surface area contributed by atoms with Crippen molar-refractivity contribution in [2.24, 2.45) is 20.5 Å². The zero-order valence-corrected chi connectivity index (χ0v) is 14.4. The van der Waals surface area contributed by atoms with E-state index in [4.69, 9.17) is 0 Å². The van der Waals surface area contributed by atoms with Gasteiger partial charge in [0.05, 0.1) is 11.4 Å². The van der Waals surface area contributed by atoms with Crippen molar-refractivity contribution in [1.82, 2.24) is 0 Å². The van der Waals surface area contributed by atoms with Crippen molar-refractivity contribution in [3.63, 3.8) is 0 Å². The zero-order valence-electron chi connectivity index (χ0n) is 14.4. The number of phenolic OH excluding ortho intramolecular Hbond substituents is 1. The Balaban J connectivity index is 1.80. The highest BCUT2D eigenvalue weighted by Gasteiger charge is 2.12. The molecule has 0 atom stereocenters. The quantitative estimate of drug-likeness (QED) is 0.382. The molecule has 0 unspecified atom stereocenters. The predicted molar refractivity (Wildman–Crippen MR) is 107 cm³/mol. The molecule has 4 rings (SSSR count). The Morgan fingerprint density at radius 1 is 0.556 bits per heavy atom. The summed E-state index contributed by atoms with van der Waals surface area (Å²) in [5.41, 5.74) is 2.13. The summed E-state index contributed by atoms with van der Waals surface area (Å²) in [5.74, 6) is -0.0481. The van der Waals surface area contributed by atoms with Gasteiger partial charge in [0.2, 0.25) is 0 Å². The van der Waals surface area contributed by atoms with Crippen LogP contribution >= 0.6 is 0 Å². The maximum absolute atomic E-state index is 10.7. The fourth-order valence-corrected chi connectivity index (χ4v) is 2.69. The summed E-state index contributed by atoms with van der Waals surface area (Å²) in [6, 6.07) is 28.2. The van der Waals surface area contributed by atoms with E-state index in [-0.39, 0.29) is 5.75 Å². The van der Waals surface area contributed by atoms with Gasteiger partial charge in [-0.2, -0.15) is 10.2 Å². The van der Waals surface area contributed by atoms with Crippen LogP contribution in [0.1, 0.15) is 0 Å². The summed E-state index contributed by atoms with van der Waals surface area (Å²) in [5, 5.41) is 29.4. The van der Waals surface area contributed by atoms with Crippen LogP contribution in [0.15, 0.2) is 111 Å². The number of azo groups is 2. The Hall–Kier alpha value is -3.86. The van der Waals surface area contributed by atoms with Crippen LogP contribution in [0.2, 0.25) is 0 Å². The van der Waals surface area contributed by atoms with Gasteiger partial charge in [0.15, 0.2) is 5.75 Å². The average molecular weight is 352 g/mol. The zero-order chi connectivity index (χ0) is 18.5. The second-order valence-corrected chi connectivity index (χ2v) is 5.89. The summed E-state index contributed by atoms with van der Waals surface area (Å²) in [4.78, 5) is 0. The summed E-state index contributed by atoms with van der Waals surface area (Å²) in [7, 11) is 0. The molecule has 5 nitrogen and oxygen atoms in total. The van der Waals surface area contributed by atoms with Crippen LogP contribution in [-0.2, 0) is 0 Å². The molecule has 1 N–H and O–H groups in total. The monoisotopic (exact) mass is 352 g/mol. The number of fused-ring (bicyclic) bond motifs is 1. The third kappa shape index (κ3) is 3.72. The largest absolute Gasteiger partial charge is 0.504 e. The van der Waals surface area contributed by atoms with Gasteiger partial charge in [-0.15, -0.1) is 10.2 Å². The van der Waals surface area contributed by atoms with Crippen LogP contribution in [0.5, 0.6) is 5.75 Å². The van der Waals surface area contributed by atoms with Gasteiger partial charge in [0, 0.05) is 5.39 Å². The Kier molecular flexibility index (Phi) is 4.66. The average Bonchev–Trinajstić information content (AvgIpc) is 2.73. The second kappa shape index (κ2) is 7.58. The first-order valence-electron chi connectivity index (χ1n) is 8.49. The summed E-state index contributed by atoms with van der Waals surface area (Å²) < 4.78 is 0. The summed E-state index contributed by atoms with van der Waals surface area (Å²) >= 11 is 0. The highest BCUT2D eigenvalue weighted by atomic mass is 16.3. The summed E-state index contributed by atoms with van der Waals surface area (Å²) in [6.07, 6.45) is 0. The maximum Gasteiger partial charge on any atom is 0.171 e. The lowest BCUT2D eigenvalue weighted by Crippen LogP contribution is -1.77. The van der Waals surface area contributed by atoms with Gasteiger partial charge in [0.1, 0.15) is 11.4 Å². The summed E-state index contributed by atoms with van der Waals surface area (Å²) in [6.45, 7) is 0. The van der Waals surface area contributed by atoms with Crippen LogP contribution < -0.4 is 0 Å². The van der Waals surface area contributed by atoms with Crippen LogP contribution in [-0.4, -0.2) is 5.11 Å². The van der Waals surface area contributed by atoms with E-state index in [0.717, 1.165) is 10.8 Å². The fourth-order valence-electron chi connectivity index (χ4n) is 2.69. The first-order valence-corrected chi connectivity index (χ1v) is 8.49. The van der Waals surface area contributed by atoms with Crippen molar-refractivity contribution in [1.29, 1.82) is 0 Å². The fraction of sp³-hybridized carbons (Fsp3) is 0. The first kappa shape index (κ1) is 16.6. The molecule has 0 bridgehead atoms. The van der Waals surface area contributed by atoms with Crippen molar-refractivity contribution in [2.75, 3.05) is 0 Å². The van der Waals surface area contributed by atoms with Gasteiger partial charge < -0.3 is 5.11 Å². The Labute approximate surface area is 156 Å². The van der Waals surface area contributed by atoms with Crippen LogP contribution in [0, 0.1) is 0 Å². The van der Waals surface area contributed by atoms with E-state index in [0.29, 0.717) is 22.7 Å². The smallest absolute Gasteiger partial charge is 0.171 e. The molecule has 0 saturated carbocycles. The van der Waals surface area contributed by atoms with Crippen molar-refractivity contribution in [3.8, 4) is 5.75 Å². The molecule has 0 saturated heterocycles. The number of nitrogens with zero attached hydrogens (tertiary/aromatic N) is 4. The van der Waals surface area contributed by atoms with Gasteiger partial charge in [-0.05, 0) is 35.7 Å². The molecule has 0 aromatic heterocycles. The van der Waals surface area contributed by atoms with Crippen molar-refractivity contribution in [2.45, 2.75) is 0 Å². The van der Waals surface area contributed by atoms with Crippen molar-refractivity contribution >= 4 is 33.5 Å². The predicted octanol–water partition coefficient (Wildman–Crippen LogP) is 7.38. The molecule has 0 spiro atoms. The highest BCUT2D eigenvalue weighted by molar-refractivity contribution is 5.99. The molecular formula is C22H16N4O. The number of phenols is 1. The van der Waals surface area contributed by atoms with Crippen LogP contribution in [0.3, 0.4) is 0 Å². The lowest BCUT2D eigenvalue weighted by Gasteiger charge is -2.07. The SMILES string of the molecule is Oc1c(N=Nc2ccccc2)cc2ccccc2c1N=Nc1ccccc1. The van der Waals surface area contributed by atoms with Crippen molar-refractivity contribution < 1.29 is 5.11 Å². The lowest BCUT2D eigenvalue weighted by molar-refractivity contribution is 0.478. The van der Waals surface area contributed by atoms with Crippen LogP contribution in [0.25, 0.3) is 10.8 Å². The topological polar surface area (TPSA) is 69.7 Å². The standard InChI is InChI=1S/C22H16N4O/c27-22-20(25-23-17-10-3-1-4-11-17)15-16-9-7-8-14-19(16)21(22)26-24-18-12-5-2-6-13-18/h1-15,27H. The molecule has 27 heavy (non-hydrogen) atoms. The van der Waals surface area contributed by atoms with E-state index >= 15 is 0 Å². The van der Waals surface area contributed by atoms with Gasteiger partial charge in [-0.3, -0.25) is 0 Å². The minimum atomic E-state index is -0.0481. The van der Waals surface area contributed by atoms with Gasteiger partial charge >= 0.3 is 0 Å². The Morgan fingerprint density at radius 3 is 1.78 bits per heavy atom. The number of aromatic hydroxyl groups is 1. The molecule has 0 fully saturated rings. The molecule has 0 aliphatic heterocycles. The molecular weight excluding hydrogens is 336 g/mol. The Morgan fingerprint density at radius 2 is 1.11 bits per heavy atom.